The van der Waals surface area contributed by atoms with E-state index in [1.165, 1.54) is 26.4 Å². The summed E-state index contributed by atoms with van der Waals surface area (Å²) in [4.78, 5) is 25.7. The van der Waals surface area contributed by atoms with Crippen molar-refractivity contribution in [2.75, 3.05) is 33.3 Å². The number of nitrogens with zero attached hydrogens (tertiary/aromatic N) is 2. The quantitative estimate of drug-likeness (QED) is 0.441. The topological polar surface area (TPSA) is 104 Å². The molecule has 138 valence electrons. The van der Waals surface area contributed by atoms with Gasteiger partial charge in [0.2, 0.25) is 0 Å². The maximum absolute atomic E-state index is 12.0. The molecule has 8 nitrogen and oxygen atoms in total. The van der Waals surface area contributed by atoms with E-state index < -0.39 is 11.9 Å². The summed E-state index contributed by atoms with van der Waals surface area (Å²) in [5, 5.41) is 6.77. The maximum atomic E-state index is 12.0. The van der Waals surface area contributed by atoms with Crippen molar-refractivity contribution >= 4 is 17.6 Å². The summed E-state index contributed by atoms with van der Waals surface area (Å²) in [7, 11) is 4.47. The lowest BCUT2D eigenvalue weighted by molar-refractivity contribution is 0.0587. The highest BCUT2D eigenvalue weighted by Crippen LogP contribution is 2.21. The van der Waals surface area contributed by atoms with E-state index >= 15 is 0 Å². The Labute approximate surface area is 152 Å². The third kappa shape index (κ3) is 4.34. The number of carbonyl (C=O) groups is 2. The zero-order valence-corrected chi connectivity index (χ0v) is 14.9. The molecule has 2 atom stereocenters. The molecule has 1 aromatic carbocycles. The average molecular weight is 358 g/mol. The Morgan fingerprint density at radius 1 is 1.19 bits per heavy atom. The van der Waals surface area contributed by atoms with Gasteiger partial charge in [0.25, 0.3) is 0 Å². The van der Waals surface area contributed by atoms with Crippen LogP contribution in [0.5, 0.6) is 0 Å². The average Bonchev–Trinajstić information content (AvgIpc) is 2.70. The zero-order chi connectivity index (χ0) is 19.1. The lowest BCUT2D eigenvalue weighted by atomic mass is 10.0. The Hall–Kier alpha value is -3.00. The maximum Gasteiger partial charge on any atom is 0.339 e. The Bertz CT molecular complexity index is 745. The number of rotatable bonds is 7. The molecule has 0 saturated heterocycles. The fourth-order valence-electron chi connectivity index (χ4n) is 2.65. The van der Waals surface area contributed by atoms with E-state index in [9.17, 15) is 9.59 Å². The highest BCUT2D eigenvalue weighted by Gasteiger charge is 2.23. The van der Waals surface area contributed by atoms with Gasteiger partial charge in [0.15, 0.2) is 0 Å². The van der Waals surface area contributed by atoms with Crippen molar-refractivity contribution < 1.29 is 19.1 Å². The largest absolute Gasteiger partial charge is 0.465 e. The molecule has 0 heterocycles. The summed E-state index contributed by atoms with van der Waals surface area (Å²) in [6.45, 7) is 0.365. The number of esters is 2. The number of carbonyl (C=O) groups excluding carboxylic acids is 2. The fraction of sp³-hybridized carbons (Fsp3) is 0.333. The van der Waals surface area contributed by atoms with Gasteiger partial charge in [0.05, 0.1) is 43.7 Å². The molecule has 0 aliphatic heterocycles. The van der Waals surface area contributed by atoms with Crippen LogP contribution in [0, 0.1) is 5.53 Å². The van der Waals surface area contributed by atoms with E-state index in [0.29, 0.717) is 23.5 Å². The molecule has 1 aromatic rings. The SMILES string of the molecule is COC(=O)c1ccc(C(=O)OC)c(NCN(C)C2C=CC=CC2N=N)c1. The van der Waals surface area contributed by atoms with Crippen LogP contribution in [0.4, 0.5) is 5.69 Å². The van der Waals surface area contributed by atoms with E-state index in [4.69, 9.17) is 15.0 Å². The van der Waals surface area contributed by atoms with Gasteiger partial charge in [0, 0.05) is 0 Å². The molecule has 0 spiro atoms. The predicted octanol–water partition coefficient (Wildman–Crippen LogP) is 2.46. The second-order valence-electron chi connectivity index (χ2n) is 5.72. The molecular formula is C18H22N4O4. The van der Waals surface area contributed by atoms with Gasteiger partial charge < -0.3 is 14.8 Å². The number of benzene rings is 1. The first-order valence-corrected chi connectivity index (χ1v) is 7.98. The lowest BCUT2D eigenvalue weighted by Crippen LogP contribution is -2.41. The minimum Gasteiger partial charge on any atom is -0.465 e. The molecule has 0 amide bonds. The van der Waals surface area contributed by atoms with Crippen LogP contribution in [0.3, 0.4) is 0 Å². The van der Waals surface area contributed by atoms with E-state index in [1.54, 1.807) is 6.07 Å². The van der Waals surface area contributed by atoms with E-state index in [1.807, 2.05) is 36.3 Å². The van der Waals surface area contributed by atoms with Crippen molar-refractivity contribution in [2.24, 2.45) is 5.11 Å². The van der Waals surface area contributed by atoms with Crippen LogP contribution in [-0.2, 0) is 9.47 Å². The van der Waals surface area contributed by atoms with Crippen LogP contribution in [0.1, 0.15) is 20.7 Å². The van der Waals surface area contributed by atoms with E-state index in [0.717, 1.165) is 0 Å². The number of likely N-dealkylation sites (N-methyl/N-ethyl adjacent to an activating group) is 1. The molecule has 1 aliphatic carbocycles. The van der Waals surface area contributed by atoms with Gasteiger partial charge in [-0.05, 0) is 25.2 Å². The highest BCUT2D eigenvalue weighted by atomic mass is 16.5. The van der Waals surface area contributed by atoms with E-state index in [-0.39, 0.29) is 12.1 Å². The second-order valence-corrected chi connectivity index (χ2v) is 5.72. The molecule has 2 N–H and O–H groups in total. The van der Waals surface area contributed by atoms with Crippen molar-refractivity contribution in [3.8, 4) is 0 Å². The third-order valence-corrected chi connectivity index (χ3v) is 4.10. The minimum atomic E-state index is -0.508. The van der Waals surface area contributed by atoms with Crippen LogP contribution in [0.25, 0.3) is 0 Å². The first kappa shape index (κ1) is 19.3. The Morgan fingerprint density at radius 2 is 1.88 bits per heavy atom. The summed E-state index contributed by atoms with van der Waals surface area (Å²) in [6.07, 6.45) is 7.57. The molecule has 2 rings (SSSR count). The number of hydrogen-bond acceptors (Lipinski definition) is 8. The monoisotopic (exact) mass is 358 g/mol. The zero-order valence-electron chi connectivity index (χ0n) is 14.9. The summed E-state index contributed by atoms with van der Waals surface area (Å²) in [5.74, 6) is -1.00. The van der Waals surface area contributed by atoms with Crippen LogP contribution >= 0.6 is 0 Å². The van der Waals surface area contributed by atoms with Crippen LogP contribution in [-0.4, -0.2) is 56.9 Å². The molecule has 0 bridgehead atoms. The van der Waals surface area contributed by atoms with Crippen molar-refractivity contribution in [3.63, 3.8) is 0 Å². The minimum absolute atomic E-state index is 0.0876. The van der Waals surface area contributed by atoms with Crippen molar-refractivity contribution in [3.05, 3.63) is 53.6 Å². The summed E-state index contributed by atoms with van der Waals surface area (Å²) < 4.78 is 9.52. The normalized spacial score (nSPS) is 18.5. The number of methoxy groups -OCH3 is 2. The molecule has 1 aliphatic rings. The number of ether oxygens (including phenoxy) is 2. The highest BCUT2D eigenvalue weighted by molar-refractivity contribution is 5.98. The van der Waals surface area contributed by atoms with Gasteiger partial charge in [-0.15, -0.1) is 0 Å². The second kappa shape index (κ2) is 8.91. The number of hydrogen-bond donors (Lipinski definition) is 2. The number of anilines is 1. The van der Waals surface area contributed by atoms with Crippen LogP contribution in [0.2, 0.25) is 0 Å². The molecule has 0 radical (unpaired) electrons. The van der Waals surface area contributed by atoms with Gasteiger partial charge in [-0.25, -0.2) is 15.1 Å². The molecular weight excluding hydrogens is 336 g/mol. The van der Waals surface area contributed by atoms with Gasteiger partial charge in [-0.1, -0.05) is 24.3 Å². The summed E-state index contributed by atoms with van der Waals surface area (Å²) in [6, 6.07) is 4.22. The van der Waals surface area contributed by atoms with Crippen molar-refractivity contribution in [1.29, 1.82) is 5.53 Å². The molecule has 0 aromatic heterocycles. The first-order chi connectivity index (χ1) is 12.5. The molecule has 0 saturated carbocycles. The number of allylic oxidation sites excluding steroid dienone is 2. The Balaban J connectivity index is 2.19. The standard InChI is InChI=1S/C18H22N4O4/c1-22(16-7-5-4-6-14(16)21-19)11-20-15-10-12(17(23)25-2)8-9-13(15)18(24)26-3/h4-10,14,16,19-20H,11H2,1-3H3. The predicted molar refractivity (Wildman–Crippen MR) is 96.4 cm³/mol. The summed E-state index contributed by atoms with van der Waals surface area (Å²) >= 11 is 0. The fourth-order valence-corrected chi connectivity index (χ4v) is 2.65. The van der Waals surface area contributed by atoms with Gasteiger partial charge >= 0.3 is 11.9 Å². The Kier molecular flexibility index (Phi) is 6.62. The van der Waals surface area contributed by atoms with Gasteiger partial charge in [-0.2, -0.15) is 5.11 Å². The first-order valence-electron chi connectivity index (χ1n) is 7.98. The van der Waals surface area contributed by atoms with Crippen LogP contribution < -0.4 is 5.32 Å². The Morgan fingerprint density at radius 3 is 2.54 bits per heavy atom. The molecule has 2 unspecified atom stereocenters. The van der Waals surface area contributed by atoms with Gasteiger partial charge in [0.1, 0.15) is 6.04 Å². The lowest BCUT2D eigenvalue weighted by Gasteiger charge is -2.30. The molecule has 0 fully saturated rings. The molecule has 8 heteroatoms. The van der Waals surface area contributed by atoms with E-state index in [2.05, 4.69) is 10.4 Å². The van der Waals surface area contributed by atoms with Crippen molar-refractivity contribution in [2.45, 2.75) is 12.1 Å². The smallest absolute Gasteiger partial charge is 0.339 e. The number of nitrogens with one attached hydrogen (secondary N) is 2. The van der Waals surface area contributed by atoms with Crippen LogP contribution in [0.15, 0.2) is 47.6 Å². The third-order valence-electron chi connectivity index (χ3n) is 4.10. The molecule has 26 heavy (non-hydrogen) atoms. The van der Waals surface area contributed by atoms with Gasteiger partial charge in [-0.3, -0.25) is 4.90 Å². The van der Waals surface area contributed by atoms with Crippen molar-refractivity contribution in [1.82, 2.24) is 4.90 Å². The summed E-state index contributed by atoms with van der Waals surface area (Å²) in [5.41, 5.74) is 8.41.